The molecule has 0 fully saturated rings. The van der Waals surface area contributed by atoms with Crippen LogP contribution >= 0.6 is 0 Å². The third kappa shape index (κ3) is 5.98. The van der Waals surface area contributed by atoms with Crippen molar-refractivity contribution in [3.8, 4) is 0 Å². The molecule has 3 heteroatoms. The van der Waals surface area contributed by atoms with Gasteiger partial charge in [0.1, 0.15) is 0 Å². The number of nitrogens with zero attached hydrogens (tertiary/aromatic N) is 2. The van der Waals surface area contributed by atoms with E-state index >= 15 is 0 Å². The number of fused-ring (bicyclic) bond motifs is 7. The lowest BCUT2D eigenvalue weighted by Gasteiger charge is -2.46. The summed E-state index contributed by atoms with van der Waals surface area (Å²) >= 11 is 0. The summed E-state index contributed by atoms with van der Waals surface area (Å²) in [5, 5.41) is 0. The van der Waals surface area contributed by atoms with Crippen LogP contribution in [0.15, 0.2) is 103 Å². The summed E-state index contributed by atoms with van der Waals surface area (Å²) in [6.45, 7) is 33.2. The zero-order valence-corrected chi connectivity index (χ0v) is 41.9. The fourth-order valence-corrected chi connectivity index (χ4v) is 14.9. The van der Waals surface area contributed by atoms with Gasteiger partial charge in [-0.25, -0.2) is 0 Å². The Kier molecular flexibility index (Phi) is 7.90. The molecule has 0 radical (unpaired) electrons. The lowest BCUT2D eigenvalue weighted by molar-refractivity contribution is 0.402. The minimum Gasteiger partial charge on any atom is -0.311 e. The SMILES string of the molecule is [2H]C([2H])([2H])c1cc2c3c(c1)N(c1cc4c(cc1C)C(C)(C)CC4(C)C)c1cc(C(C)(C)c4ccccc4)ccc1B3c1cc3c(cc1N2c1ccc2c(c1)C(C)(C)CC2(C)C)C(C)(C)CC3(C)C. The minimum absolute atomic E-state index is 0.0195. The van der Waals surface area contributed by atoms with Crippen molar-refractivity contribution in [1.29, 1.82) is 0 Å². The van der Waals surface area contributed by atoms with Crippen LogP contribution in [-0.2, 0) is 37.9 Å². The molecule has 0 spiro atoms. The Bertz CT molecular complexity index is 3140. The molecule has 0 atom stereocenters. The molecule has 0 bridgehead atoms. The molecule has 11 rings (SSSR count). The van der Waals surface area contributed by atoms with Crippen LogP contribution in [0.3, 0.4) is 0 Å². The number of benzene rings is 6. The van der Waals surface area contributed by atoms with E-state index in [0.29, 0.717) is 5.56 Å². The summed E-state index contributed by atoms with van der Waals surface area (Å²) in [5.74, 6) is 0. The highest BCUT2D eigenvalue weighted by Crippen LogP contribution is 2.56. The molecule has 332 valence electrons. The number of rotatable bonds is 4. The van der Waals surface area contributed by atoms with Crippen LogP contribution in [0.1, 0.15) is 176 Å². The van der Waals surface area contributed by atoms with Crippen molar-refractivity contribution in [3.05, 3.63) is 159 Å². The molecule has 2 aliphatic heterocycles. The van der Waals surface area contributed by atoms with E-state index < -0.39 is 6.85 Å². The van der Waals surface area contributed by atoms with E-state index in [0.717, 1.165) is 53.4 Å². The third-order valence-electron chi connectivity index (χ3n) is 17.3. The van der Waals surface area contributed by atoms with Gasteiger partial charge in [0.25, 0.3) is 6.71 Å². The molecule has 3 aliphatic carbocycles. The summed E-state index contributed by atoms with van der Waals surface area (Å²) in [6.07, 6.45) is 3.19. The lowest BCUT2D eigenvalue weighted by Crippen LogP contribution is -2.61. The third-order valence-corrected chi connectivity index (χ3v) is 17.3. The molecule has 65 heavy (non-hydrogen) atoms. The molecular formula is C62H71BN2. The van der Waals surface area contributed by atoms with E-state index in [9.17, 15) is 4.11 Å². The number of aryl methyl sites for hydroxylation is 2. The summed E-state index contributed by atoms with van der Waals surface area (Å²) in [4.78, 5) is 4.96. The molecule has 0 aromatic heterocycles. The summed E-state index contributed by atoms with van der Waals surface area (Å²) in [7, 11) is 0. The van der Waals surface area contributed by atoms with Crippen molar-refractivity contribution in [2.45, 2.75) is 168 Å². The molecule has 0 saturated heterocycles. The summed E-state index contributed by atoms with van der Waals surface area (Å²) < 4.78 is 27.6. The minimum atomic E-state index is -2.36. The first-order valence-electron chi connectivity index (χ1n) is 25.9. The predicted octanol–water partition coefficient (Wildman–Crippen LogP) is 14.6. The van der Waals surface area contributed by atoms with Crippen LogP contribution in [0, 0.1) is 13.8 Å². The Labute approximate surface area is 396 Å². The molecule has 6 aromatic rings. The standard InChI is InChI=1S/C62H71BN2/c1-37-26-53-55-54(27-37)65(50-32-46-43(28-38(50)2)57(5,6)35-60(46,11)12)51-29-40(62(15,16)39-20-18-17-19-21-39)22-25-48(51)63(55)49-31-45-47(61(13,14)36-59(45,9)10)33-52(49)64(53)41-23-24-42-44(30-41)58(7,8)34-56(42,3)4/h17-33H,34-36H2,1-16H3/i1D3. The first kappa shape index (κ1) is 39.2. The second-order valence-corrected chi connectivity index (χ2v) is 25.5. The van der Waals surface area contributed by atoms with Gasteiger partial charge in [-0.3, -0.25) is 0 Å². The van der Waals surface area contributed by atoms with Crippen molar-refractivity contribution in [1.82, 2.24) is 0 Å². The summed E-state index contributed by atoms with van der Waals surface area (Å²) in [5.41, 5.74) is 22.2. The van der Waals surface area contributed by atoms with Crippen molar-refractivity contribution in [2.24, 2.45) is 0 Å². The average molecular weight is 858 g/mol. The monoisotopic (exact) mass is 858 g/mol. The number of anilines is 6. The molecular weight excluding hydrogens is 784 g/mol. The Hall–Kier alpha value is -5.02. The lowest BCUT2D eigenvalue weighted by atomic mass is 9.33. The largest absolute Gasteiger partial charge is 0.311 e. The van der Waals surface area contributed by atoms with Crippen molar-refractivity contribution < 1.29 is 4.11 Å². The zero-order valence-electron chi connectivity index (χ0n) is 44.9. The van der Waals surface area contributed by atoms with Crippen LogP contribution in [0.4, 0.5) is 34.1 Å². The van der Waals surface area contributed by atoms with E-state index in [4.69, 9.17) is 0 Å². The molecule has 0 amide bonds. The number of hydrogen-bond donors (Lipinski definition) is 0. The van der Waals surface area contributed by atoms with Gasteiger partial charge in [-0.05, 0) is 180 Å². The molecule has 6 aromatic carbocycles. The Morgan fingerprint density at radius 3 is 1.57 bits per heavy atom. The Morgan fingerprint density at radius 2 is 0.969 bits per heavy atom. The fourth-order valence-electron chi connectivity index (χ4n) is 14.9. The summed E-state index contributed by atoms with van der Waals surface area (Å²) in [6, 6.07) is 39.4. The molecule has 5 aliphatic rings. The normalized spacial score (nSPS) is 21.3. The van der Waals surface area contributed by atoms with Gasteiger partial charge in [-0.1, -0.05) is 158 Å². The molecule has 0 saturated carbocycles. The first-order chi connectivity index (χ1) is 31.4. The quantitative estimate of drug-likeness (QED) is 0.163. The average Bonchev–Trinajstić information content (AvgIpc) is 3.64. The maximum atomic E-state index is 9.20. The van der Waals surface area contributed by atoms with E-state index in [1.807, 2.05) is 12.1 Å². The van der Waals surface area contributed by atoms with Gasteiger partial charge in [0, 0.05) is 43.7 Å². The van der Waals surface area contributed by atoms with E-state index in [1.165, 1.54) is 66.5 Å². The molecule has 2 nitrogen and oxygen atoms in total. The van der Waals surface area contributed by atoms with Crippen LogP contribution in [0.25, 0.3) is 0 Å². The second-order valence-electron chi connectivity index (χ2n) is 25.5. The van der Waals surface area contributed by atoms with Gasteiger partial charge in [0.2, 0.25) is 0 Å². The van der Waals surface area contributed by atoms with Crippen LogP contribution in [0.5, 0.6) is 0 Å². The molecule has 0 unspecified atom stereocenters. The Balaban J connectivity index is 1.28. The Morgan fingerprint density at radius 1 is 0.462 bits per heavy atom. The highest BCUT2D eigenvalue weighted by Gasteiger charge is 2.50. The second kappa shape index (κ2) is 13.1. The van der Waals surface area contributed by atoms with Gasteiger partial charge >= 0.3 is 0 Å². The fraction of sp³-hybridized carbons (Fsp3) is 0.419. The van der Waals surface area contributed by atoms with E-state index in [-0.39, 0.29) is 44.6 Å². The van der Waals surface area contributed by atoms with Gasteiger partial charge in [0.15, 0.2) is 0 Å². The van der Waals surface area contributed by atoms with Crippen LogP contribution < -0.4 is 26.2 Å². The van der Waals surface area contributed by atoms with E-state index in [1.54, 1.807) is 0 Å². The van der Waals surface area contributed by atoms with Crippen LogP contribution in [0.2, 0.25) is 0 Å². The van der Waals surface area contributed by atoms with Gasteiger partial charge < -0.3 is 9.80 Å². The van der Waals surface area contributed by atoms with Crippen molar-refractivity contribution in [2.75, 3.05) is 9.80 Å². The predicted molar refractivity (Wildman–Crippen MR) is 281 cm³/mol. The van der Waals surface area contributed by atoms with Gasteiger partial charge in [-0.15, -0.1) is 0 Å². The first-order valence-corrected chi connectivity index (χ1v) is 24.4. The molecule has 2 heterocycles. The van der Waals surface area contributed by atoms with E-state index in [2.05, 4.69) is 205 Å². The van der Waals surface area contributed by atoms with Crippen molar-refractivity contribution in [3.63, 3.8) is 0 Å². The van der Waals surface area contributed by atoms with Crippen molar-refractivity contribution >= 4 is 57.2 Å². The number of hydrogen-bond acceptors (Lipinski definition) is 2. The maximum Gasteiger partial charge on any atom is 0.252 e. The van der Waals surface area contributed by atoms with Crippen LogP contribution in [-0.4, -0.2) is 6.71 Å². The maximum absolute atomic E-state index is 9.20. The highest BCUT2D eigenvalue weighted by molar-refractivity contribution is 7.00. The van der Waals surface area contributed by atoms with Gasteiger partial charge in [0.05, 0.1) is 0 Å². The zero-order chi connectivity index (χ0) is 48.8. The topological polar surface area (TPSA) is 6.48 Å². The smallest absolute Gasteiger partial charge is 0.252 e. The van der Waals surface area contributed by atoms with Gasteiger partial charge in [-0.2, -0.15) is 0 Å². The molecule has 0 N–H and O–H groups in total. The highest BCUT2D eigenvalue weighted by atomic mass is 15.2.